The SMILES string of the molecule is CN(C)N1C(=O)c2ccccc2/C1=C\c1ccccc1. The molecule has 20 heavy (non-hydrogen) atoms. The number of benzene rings is 2. The van der Waals surface area contributed by atoms with Crippen LogP contribution in [0.2, 0.25) is 0 Å². The van der Waals surface area contributed by atoms with Gasteiger partial charge < -0.3 is 0 Å². The van der Waals surface area contributed by atoms with E-state index in [2.05, 4.69) is 0 Å². The third-order valence-electron chi connectivity index (χ3n) is 3.36. The lowest BCUT2D eigenvalue weighted by Gasteiger charge is -2.25. The average molecular weight is 264 g/mol. The summed E-state index contributed by atoms with van der Waals surface area (Å²) in [7, 11) is 3.76. The zero-order valence-corrected chi connectivity index (χ0v) is 11.6. The number of hydrazine groups is 1. The number of carbonyl (C=O) groups excluding carboxylic acids is 1. The molecular weight excluding hydrogens is 248 g/mol. The highest BCUT2D eigenvalue weighted by Gasteiger charge is 2.33. The summed E-state index contributed by atoms with van der Waals surface area (Å²) in [5.74, 6) is 0.0211. The van der Waals surface area contributed by atoms with Gasteiger partial charge in [0, 0.05) is 19.7 Å². The van der Waals surface area contributed by atoms with Crippen LogP contribution in [0.15, 0.2) is 54.6 Å². The predicted molar refractivity (Wildman–Crippen MR) is 80.6 cm³/mol. The molecule has 0 saturated carbocycles. The first-order valence-electron chi connectivity index (χ1n) is 6.56. The minimum atomic E-state index is 0.0211. The van der Waals surface area contributed by atoms with E-state index in [-0.39, 0.29) is 5.91 Å². The fraction of sp³-hybridized carbons (Fsp3) is 0.118. The first-order valence-corrected chi connectivity index (χ1v) is 6.56. The van der Waals surface area contributed by atoms with Gasteiger partial charge in [-0.15, -0.1) is 0 Å². The van der Waals surface area contributed by atoms with Crippen LogP contribution in [-0.2, 0) is 0 Å². The van der Waals surface area contributed by atoms with Gasteiger partial charge in [0.25, 0.3) is 5.91 Å². The summed E-state index contributed by atoms with van der Waals surface area (Å²) in [5.41, 5.74) is 3.74. The Morgan fingerprint density at radius 2 is 1.50 bits per heavy atom. The van der Waals surface area contributed by atoms with Crippen molar-refractivity contribution >= 4 is 17.7 Å². The normalized spacial score (nSPS) is 16.1. The van der Waals surface area contributed by atoms with Crippen LogP contribution in [0.3, 0.4) is 0 Å². The molecule has 0 aliphatic carbocycles. The van der Waals surface area contributed by atoms with Gasteiger partial charge in [0.05, 0.1) is 11.3 Å². The van der Waals surface area contributed by atoms with Gasteiger partial charge in [-0.3, -0.25) is 4.79 Å². The number of hydrogen-bond acceptors (Lipinski definition) is 2. The summed E-state index contributed by atoms with van der Waals surface area (Å²) in [5, 5.41) is 3.52. The maximum atomic E-state index is 12.5. The Balaban J connectivity index is 2.16. The smallest absolute Gasteiger partial charge is 0.267 e. The van der Waals surface area contributed by atoms with E-state index in [0.717, 1.165) is 22.4 Å². The quantitative estimate of drug-likeness (QED) is 0.832. The molecule has 0 bridgehead atoms. The molecule has 1 aliphatic rings. The van der Waals surface area contributed by atoms with E-state index < -0.39 is 0 Å². The molecule has 1 amide bonds. The molecule has 0 saturated heterocycles. The second kappa shape index (κ2) is 4.94. The fourth-order valence-corrected chi connectivity index (χ4v) is 2.47. The van der Waals surface area contributed by atoms with Crippen LogP contribution in [0.4, 0.5) is 0 Å². The Morgan fingerprint density at radius 3 is 2.15 bits per heavy atom. The van der Waals surface area contributed by atoms with Crippen molar-refractivity contribution in [3.05, 3.63) is 71.3 Å². The molecule has 0 N–H and O–H groups in total. The standard InChI is InChI=1S/C17H16N2O/c1-18(2)19-16(12-13-8-4-3-5-9-13)14-10-6-7-11-15(14)17(19)20/h3-12H,1-2H3/b16-12+. The maximum Gasteiger partial charge on any atom is 0.273 e. The van der Waals surface area contributed by atoms with Gasteiger partial charge in [-0.25, -0.2) is 10.0 Å². The molecule has 0 radical (unpaired) electrons. The monoisotopic (exact) mass is 264 g/mol. The molecular formula is C17H16N2O. The molecule has 2 aromatic carbocycles. The van der Waals surface area contributed by atoms with Gasteiger partial charge in [-0.2, -0.15) is 0 Å². The third-order valence-corrected chi connectivity index (χ3v) is 3.36. The molecule has 3 nitrogen and oxygen atoms in total. The van der Waals surface area contributed by atoms with Crippen molar-refractivity contribution in [1.82, 2.24) is 10.0 Å². The summed E-state index contributed by atoms with van der Waals surface area (Å²) in [4.78, 5) is 12.5. The molecule has 1 heterocycles. The highest BCUT2D eigenvalue weighted by atomic mass is 16.2. The minimum absolute atomic E-state index is 0.0211. The number of hydrogen-bond donors (Lipinski definition) is 0. The lowest BCUT2D eigenvalue weighted by molar-refractivity contribution is 0.0523. The lowest BCUT2D eigenvalue weighted by Crippen LogP contribution is -2.36. The number of nitrogens with zero attached hydrogens (tertiary/aromatic N) is 2. The molecule has 3 rings (SSSR count). The van der Waals surface area contributed by atoms with Crippen LogP contribution in [0.5, 0.6) is 0 Å². The van der Waals surface area contributed by atoms with E-state index in [1.54, 1.807) is 5.01 Å². The van der Waals surface area contributed by atoms with Gasteiger partial charge in [0.1, 0.15) is 0 Å². The summed E-state index contributed by atoms with van der Waals surface area (Å²) < 4.78 is 0. The van der Waals surface area contributed by atoms with E-state index >= 15 is 0 Å². The van der Waals surface area contributed by atoms with Crippen LogP contribution >= 0.6 is 0 Å². The number of fused-ring (bicyclic) bond motifs is 1. The van der Waals surface area contributed by atoms with Crippen LogP contribution in [0.25, 0.3) is 11.8 Å². The second-order valence-corrected chi connectivity index (χ2v) is 4.95. The number of amides is 1. The largest absolute Gasteiger partial charge is 0.273 e. The molecule has 100 valence electrons. The fourth-order valence-electron chi connectivity index (χ4n) is 2.47. The Hall–Kier alpha value is -2.39. The molecule has 0 aromatic heterocycles. The summed E-state index contributed by atoms with van der Waals surface area (Å²) in [6.07, 6.45) is 2.05. The molecule has 0 atom stereocenters. The lowest BCUT2D eigenvalue weighted by atomic mass is 10.1. The van der Waals surface area contributed by atoms with Gasteiger partial charge in [0.2, 0.25) is 0 Å². The van der Waals surface area contributed by atoms with Crippen molar-refractivity contribution in [3.63, 3.8) is 0 Å². The highest BCUT2D eigenvalue weighted by Crippen LogP contribution is 2.34. The van der Waals surface area contributed by atoms with Gasteiger partial charge in [-0.1, -0.05) is 48.5 Å². The van der Waals surface area contributed by atoms with Gasteiger partial charge in [-0.05, 0) is 17.7 Å². The Morgan fingerprint density at radius 1 is 0.900 bits per heavy atom. The van der Waals surface area contributed by atoms with Crippen molar-refractivity contribution in [3.8, 4) is 0 Å². The molecule has 0 fully saturated rings. The third kappa shape index (κ3) is 2.02. The van der Waals surface area contributed by atoms with Crippen LogP contribution < -0.4 is 0 Å². The average Bonchev–Trinajstić information content (AvgIpc) is 2.74. The minimum Gasteiger partial charge on any atom is -0.267 e. The van der Waals surface area contributed by atoms with Crippen LogP contribution in [-0.4, -0.2) is 30.0 Å². The summed E-state index contributed by atoms with van der Waals surface area (Å²) in [6.45, 7) is 0. The Kier molecular flexibility index (Phi) is 3.12. The van der Waals surface area contributed by atoms with E-state index in [4.69, 9.17) is 0 Å². The van der Waals surface area contributed by atoms with E-state index in [1.807, 2.05) is 79.8 Å². The number of rotatable bonds is 2. The van der Waals surface area contributed by atoms with Crippen molar-refractivity contribution in [2.45, 2.75) is 0 Å². The molecule has 1 aliphatic heterocycles. The van der Waals surface area contributed by atoms with E-state index in [0.29, 0.717) is 0 Å². The van der Waals surface area contributed by atoms with Crippen molar-refractivity contribution < 1.29 is 4.79 Å². The Labute approximate surface area is 118 Å². The van der Waals surface area contributed by atoms with Gasteiger partial charge >= 0.3 is 0 Å². The molecule has 2 aromatic rings. The molecule has 0 spiro atoms. The predicted octanol–water partition coefficient (Wildman–Crippen LogP) is 3.12. The van der Waals surface area contributed by atoms with Crippen molar-refractivity contribution in [1.29, 1.82) is 0 Å². The van der Waals surface area contributed by atoms with Gasteiger partial charge in [0.15, 0.2) is 0 Å². The highest BCUT2D eigenvalue weighted by molar-refractivity contribution is 6.11. The first-order chi connectivity index (χ1) is 9.68. The van der Waals surface area contributed by atoms with Crippen LogP contribution in [0.1, 0.15) is 21.5 Å². The molecule has 3 heteroatoms. The first kappa shape index (κ1) is 12.6. The van der Waals surface area contributed by atoms with E-state index in [9.17, 15) is 4.79 Å². The molecule has 0 unspecified atom stereocenters. The van der Waals surface area contributed by atoms with Crippen LogP contribution in [0, 0.1) is 0 Å². The Bertz CT molecular complexity index is 674. The second-order valence-electron chi connectivity index (χ2n) is 4.95. The summed E-state index contributed by atoms with van der Waals surface area (Å²) >= 11 is 0. The topological polar surface area (TPSA) is 23.6 Å². The zero-order chi connectivity index (χ0) is 14.1. The zero-order valence-electron chi connectivity index (χ0n) is 11.6. The maximum absolute atomic E-state index is 12.5. The summed E-state index contributed by atoms with van der Waals surface area (Å²) in [6, 6.07) is 17.8. The number of carbonyl (C=O) groups is 1. The van der Waals surface area contributed by atoms with E-state index in [1.165, 1.54) is 0 Å². The van der Waals surface area contributed by atoms with Crippen molar-refractivity contribution in [2.24, 2.45) is 0 Å². The van der Waals surface area contributed by atoms with Crippen molar-refractivity contribution in [2.75, 3.05) is 14.1 Å².